The van der Waals surface area contributed by atoms with Gasteiger partial charge in [-0.2, -0.15) is 0 Å². The SMILES string of the molecule is CC[Si](/C=C/C=C/B1OCCCO1)(CC)CC. The fourth-order valence-corrected chi connectivity index (χ4v) is 4.86. The van der Waals surface area contributed by atoms with Crippen molar-refractivity contribution in [1.82, 2.24) is 0 Å². The van der Waals surface area contributed by atoms with E-state index in [9.17, 15) is 0 Å². The van der Waals surface area contributed by atoms with E-state index in [0.717, 1.165) is 19.6 Å². The van der Waals surface area contributed by atoms with Crippen LogP contribution in [0.15, 0.2) is 23.8 Å². The molecule has 1 rings (SSSR count). The van der Waals surface area contributed by atoms with Crippen molar-refractivity contribution < 1.29 is 9.31 Å². The van der Waals surface area contributed by atoms with Gasteiger partial charge < -0.3 is 9.31 Å². The van der Waals surface area contributed by atoms with Gasteiger partial charge in [0, 0.05) is 13.2 Å². The third kappa shape index (κ3) is 4.82. The number of rotatable bonds is 6. The van der Waals surface area contributed by atoms with Gasteiger partial charge in [-0.15, -0.1) is 0 Å². The minimum absolute atomic E-state index is 0.130. The molecule has 0 aromatic carbocycles. The molecule has 0 aromatic heterocycles. The Labute approximate surface area is 107 Å². The molecular weight excluding hydrogens is 227 g/mol. The maximum atomic E-state index is 5.46. The molecule has 1 saturated heterocycles. The van der Waals surface area contributed by atoms with Gasteiger partial charge in [0.15, 0.2) is 0 Å². The lowest BCUT2D eigenvalue weighted by molar-refractivity contribution is 0.142. The molecule has 0 radical (unpaired) electrons. The summed E-state index contributed by atoms with van der Waals surface area (Å²) >= 11 is 0. The smallest absolute Gasteiger partial charge is 0.408 e. The first-order chi connectivity index (χ1) is 8.26. The minimum atomic E-state index is -1.12. The molecule has 1 heterocycles. The third-order valence-electron chi connectivity index (χ3n) is 3.79. The molecule has 0 N–H and O–H groups in total. The summed E-state index contributed by atoms with van der Waals surface area (Å²) in [6.45, 7) is 8.59. The van der Waals surface area contributed by atoms with Crippen LogP contribution in [0.2, 0.25) is 18.1 Å². The van der Waals surface area contributed by atoms with Crippen molar-refractivity contribution in [2.75, 3.05) is 13.2 Å². The van der Waals surface area contributed by atoms with E-state index in [-0.39, 0.29) is 7.12 Å². The van der Waals surface area contributed by atoms with Crippen molar-refractivity contribution in [2.45, 2.75) is 45.3 Å². The predicted molar refractivity (Wildman–Crippen MR) is 77.8 cm³/mol. The average molecular weight is 252 g/mol. The topological polar surface area (TPSA) is 18.5 Å². The van der Waals surface area contributed by atoms with Crippen LogP contribution in [0.3, 0.4) is 0 Å². The quantitative estimate of drug-likeness (QED) is 0.531. The van der Waals surface area contributed by atoms with Crippen molar-refractivity contribution in [2.24, 2.45) is 0 Å². The van der Waals surface area contributed by atoms with E-state index in [1.807, 2.05) is 5.98 Å². The van der Waals surface area contributed by atoms with Gasteiger partial charge in [0.25, 0.3) is 0 Å². The van der Waals surface area contributed by atoms with Crippen LogP contribution in [-0.4, -0.2) is 28.4 Å². The summed E-state index contributed by atoms with van der Waals surface area (Å²) in [6, 6.07) is 4.00. The second kappa shape index (κ2) is 7.90. The summed E-state index contributed by atoms with van der Waals surface area (Å²) in [5.74, 6) is 2.01. The molecule has 1 aliphatic rings. The van der Waals surface area contributed by atoms with E-state index in [1.165, 1.54) is 18.1 Å². The van der Waals surface area contributed by atoms with Crippen molar-refractivity contribution in [1.29, 1.82) is 0 Å². The molecule has 0 bridgehead atoms. The molecule has 0 saturated carbocycles. The molecule has 0 amide bonds. The van der Waals surface area contributed by atoms with Gasteiger partial charge in [0.2, 0.25) is 0 Å². The first-order valence-electron chi connectivity index (χ1n) is 6.85. The van der Waals surface area contributed by atoms with Crippen molar-refractivity contribution in [3.63, 3.8) is 0 Å². The first-order valence-corrected chi connectivity index (χ1v) is 9.55. The van der Waals surface area contributed by atoms with Crippen molar-refractivity contribution in [3.05, 3.63) is 23.8 Å². The molecule has 0 unspecified atom stereocenters. The second-order valence-electron chi connectivity index (χ2n) is 4.63. The largest absolute Gasteiger partial charge is 0.486 e. The van der Waals surface area contributed by atoms with Crippen LogP contribution in [0, 0.1) is 0 Å². The van der Waals surface area contributed by atoms with Crippen LogP contribution in [0.5, 0.6) is 0 Å². The zero-order valence-electron chi connectivity index (χ0n) is 11.4. The van der Waals surface area contributed by atoms with E-state index in [1.54, 1.807) is 0 Å². The Morgan fingerprint density at radius 3 is 2.12 bits per heavy atom. The second-order valence-corrected chi connectivity index (χ2v) is 9.81. The Hall–Kier alpha value is -0.318. The monoisotopic (exact) mass is 252 g/mol. The Bertz CT molecular complexity index is 248. The van der Waals surface area contributed by atoms with E-state index < -0.39 is 8.07 Å². The lowest BCUT2D eigenvalue weighted by atomic mass is 9.88. The fourth-order valence-electron chi connectivity index (χ4n) is 2.14. The predicted octanol–water partition coefficient (Wildman–Crippen LogP) is 3.61. The molecule has 0 aromatic rings. The molecule has 0 atom stereocenters. The van der Waals surface area contributed by atoms with Gasteiger partial charge in [-0.3, -0.25) is 0 Å². The Morgan fingerprint density at radius 2 is 1.59 bits per heavy atom. The highest BCUT2D eigenvalue weighted by Crippen LogP contribution is 2.21. The molecule has 17 heavy (non-hydrogen) atoms. The highest BCUT2D eigenvalue weighted by atomic mass is 28.3. The van der Waals surface area contributed by atoms with E-state index in [4.69, 9.17) is 9.31 Å². The zero-order chi connectivity index (χ0) is 12.6. The van der Waals surface area contributed by atoms with Crippen molar-refractivity contribution >= 4 is 15.2 Å². The van der Waals surface area contributed by atoms with Crippen LogP contribution in [0.1, 0.15) is 27.2 Å². The van der Waals surface area contributed by atoms with Crippen LogP contribution in [0.25, 0.3) is 0 Å². The first kappa shape index (κ1) is 14.7. The number of hydrogen-bond acceptors (Lipinski definition) is 2. The molecule has 0 aliphatic carbocycles. The van der Waals surface area contributed by atoms with E-state index in [2.05, 4.69) is 38.6 Å². The average Bonchev–Trinajstić information content (AvgIpc) is 2.41. The van der Waals surface area contributed by atoms with Crippen LogP contribution >= 0.6 is 0 Å². The van der Waals surface area contributed by atoms with Gasteiger partial charge in [-0.05, 0) is 6.42 Å². The fraction of sp³-hybridized carbons (Fsp3) is 0.692. The molecule has 0 spiro atoms. The van der Waals surface area contributed by atoms with Crippen LogP contribution in [0.4, 0.5) is 0 Å². The minimum Gasteiger partial charge on any atom is -0.408 e. The van der Waals surface area contributed by atoms with Gasteiger partial charge in [0.1, 0.15) is 0 Å². The zero-order valence-corrected chi connectivity index (χ0v) is 12.4. The molecule has 1 aliphatic heterocycles. The molecule has 1 fully saturated rings. The molecule has 2 nitrogen and oxygen atoms in total. The van der Waals surface area contributed by atoms with Crippen LogP contribution < -0.4 is 0 Å². The van der Waals surface area contributed by atoms with Crippen molar-refractivity contribution in [3.8, 4) is 0 Å². The highest BCUT2D eigenvalue weighted by Gasteiger charge is 2.22. The number of hydrogen-bond donors (Lipinski definition) is 0. The summed E-state index contributed by atoms with van der Waals surface area (Å²) in [6.07, 6.45) is 5.29. The normalized spacial score (nSPS) is 18.4. The Kier molecular flexibility index (Phi) is 6.85. The molecular formula is C13H25BO2Si. The maximum Gasteiger partial charge on any atom is 0.486 e. The Balaban J connectivity index is 2.44. The summed E-state index contributed by atoms with van der Waals surface area (Å²) < 4.78 is 10.9. The lowest BCUT2D eigenvalue weighted by Crippen LogP contribution is -2.28. The van der Waals surface area contributed by atoms with Crippen LogP contribution in [-0.2, 0) is 9.31 Å². The van der Waals surface area contributed by atoms with Gasteiger partial charge in [-0.1, -0.05) is 62.7 Å². The summed E-state index contributed by atoms with van der Waals surface area (Å²) in [7, 11) is -1.25. The third-order valence-corrected chi connectivity index (χ3v) is 8.92. The Morgan fingerprint density at radius 1 is 1.00 bits per heavy atom. The number of allylic oxidation sites excluding steroid dienone is 2. The molecule has 96 valence electrons. The lowest BCUT2D eigenvalue weighted by Gasteiger charge is -2.23. The summed E-state index contributed by atoms with van der Waals surface area (Å²) in [5.41, 5.74) is 2.46. The maximum absolute atomic E-state index is 5.46. The van der Waals surface area contributed by atoms with E-state index >= 15 is 0 Å². The molecule has 4 heteroatoms. The van der Waals surface area contributed by atoms with Gasteiger partial charge in [0.05, 0.1) is 8.07 Å². The summed E-state index contributed by atoms with van der Waals surface area (Å²) in [4.78, 5) is 0. The van der Waals surface area contributed by atoms with Gasteiger partial charge >= 0.3 is 7.12 Å². The standard InChI is InChI=1S/C13H25BO2Si/c1-4-17(5-2,6-3)13-8-7-10-14-15-11-9-12-16-14/h7-8,10,13H,4-6,9,11-12H2,1-3H3/b10-7+,13-8+. The highest BCUT2D eigenvalue weighted by molar-refractivity contribution is 6.84. The van der Waals surface area contributed by atoms with E-state index in [0.29, 0.717) is 0 Å². The van der Waals surface area contributed by atoms with Gasteiger partial charge in [-0.25, -0.2) is 0 Å². The summed E-state index contributed by atoms with van der Waals surface area (Å²) in [5, 5.41) is 0.